The molecule has 3 rings (SSSR count). The first kappa shape index (κ1) is 14.4. The van der Waals surface area contributed by atoms with Crippen LogP contribution in [0.4, 0.5) is 13.2 Å². The van der Waals surface area contributed by atoms with Crippen LogP contribution in [0, 0.1) is 6.92 Å². The maximum atomic E-state index is 13.4. The van der Waals surface area contributed by atoms with E-state index in [4.69, 9.17) is 4.42 Å². The summed E-state index contributed by atoms with van der Waals surface area (Å²) in [5.41, 5.74) is -1.52. The van der Waals surface area contributed by atoms with Gasteiger partial charge in [0.2, 0.25) is 0 Å². The van der Waals surface area contributed by atoms with E-state index in [0.717, 1.165) is 5.56 Å². The van der Waals surface area contributed by atoms with Gasteiger partial charge >= 0.3 is 11.8 Å². The smallest absolute Gasteiger partial charge is 0.422 e. The third-order valence-corrected chi connectivity index (χ3v) is 3.41. The van der Waals surface area contributed by atoms with Crippen molar-refractivity contribution in [1.82, 2.24) is 0 Å². The Morgan fingerprint density at radius 1 is 1.00 bits per heavy atom. The molecule has 22 heavy (non-hydrogen) atoms. The summed E-state index contributed by atoms with van der Waals surface area (Å²) in [6.07, 6.45) is -4.79. The van der Waals surface area contributed by atoms with Gasteiger partial charge in [-0.05, 0) is 24.6 Å². The summed E-state index contributed by atoms with van der Waals surface area (Å²) >= 11 is 0. The standard InChI is InChI=1S/C17H11F3O2/c1-10-7-8-13-12(9-10)14(11-5-3-2-4-6-11)15(16(21)22-13)17(18,19)20/h2-9H,1H3. The average Bonchev–Trinajstić information content (AvgIpc) is 2.46. The second-order valence-electron chi connectivity index (χ2n) is 5.00. The summed E-state index contributed by atoms with van der Waals surface area (Å²) < 4.78 is 45.0. The Bertz CT molecular complexity index is 893. The molecule has 0 N–H and O–H groups in total. The van der Waals surface area contributed by atoms with E-state index in [0.29, 0.717) is 5.56 Å². The normalized spacial score (nSPS) is 11.8. The summed E-state index contributed by atoms with van der Waals surface area (Å²) in [4.78, 5) is 11.9. The minimum Gasteiger partial charge on any atom is -0.422 e. The van der Waals surface area contributed by atoms with E-state index in [9.17, 15) is 18.0 Å². The van der Waals surface area contributed by atoms with E-state index in [1.54, 1.807) is 49.4 Å². The van der Waals surface area contributed by atoms with Gasteiger partial charge in [-0.25, -0.2) is 4.79 Å². The fourth-order valence-corrected chi connectivity index (χ4v) is 2.48. The largest absolute Gasteiger partial charge is 0.424 e. The van der Waals surface area contributed by atoms with Crippen LogP contribution in [0.2, 0.25) is 0 Å². The number of hydrogen-bond donors (Lipinski definition) is 0. The maximum Gasteiger partial charge on any atom is 0.424 e. The Labute approximate surface area is 123 Å². The second kappa shape index (κ2) is 5.02. The van der Waals surface area contributed by atoms with Crippen molar-refractivity contribution in [3.63, 3.8) is 0 Å². The summed E-state index contributed by atoms with van der Waals surface area (Å²) in [5.74, 6) is 0. The first-order valence-corrected chi connectivity index (χ1v) is 6.58. The highest BCUT2D eigenvalue weighted by atomic mass is 19.4. The molecule has 0 aliphatic rings. The van der Waals surface area contributed by atoms with Gasteiger partial charge in [0.1, 0.15) is 11.1 Å². The van der Waals surface area contributed by atoms with Crippen molar-refractivity contribution in [3.8, 4) is 11.1 Å². The zero-order chi connectivity index (χ0) is 15.9. The van der Waals surface area contributed by atoms with Gasteiger partial charge in [-0.3, -0.25) is 0 Å². The van der Waals surface area contributed by atoms with Crippen molar-refractivity contribution in [3.05, 3.63) is 70.1 Å². The summed E-state index contributed by atoms with van der Waals surface area (Å²) in [6.45, 7) is 1.77. The fourth-order valence-electron chi connectivity index (χ4n) is 2.48. The lowest BCUT2D eigenvalue weighted by atomic mass is 9.96. The van der Waals surface area contributed by atoms with Crippen molar-refractivity contribution in [2.75, 3.05) is 0 Å². The van der Waals surface area contributed by atoms with Crippen LogP contribution in [0.15, 0.2) is 57.7 Å². The molecule has 0 aliphatic carbocycles. The number of aryl methyl sites for hydroxylation is 1. The molecule has 0 aliphatic heterocycles. The van der Waals surface area contributed by atoms with Gasteiger partial charge in [0.15, 0.2) is 0 Å². The van der Waals surface area contributed by atoms with E-state index in [1.165, 1.54) is 6.07 Å². The molecule has 2 aromatic carbocycles. The predicted molar refractivity (Wildman–Crippen MR) is 77.7 cm³/mol. The van der Waals surface area contributed by atoms with E-state index in [-0.39, 0.29) is 16.5 Å². The topological polar surface area (TPSA) is 30.2 Å². The molecular formula is C17H11F3O2. The Kier molecular flexibility index (Phi) is 3.28. The van der Waals surface area contributed by atoms with Gasteiger partial charge in [0, 0.05) is 10.9 Å². The minimum atomic E-state index is -4.79. The van der Waals surface area contributed by atoms with E-state index >= 15 is 0 Å². The predicted octanol–water partition coefficient (Wildman–Crippen LogP) is 4.79. The van der Waals surface area contributed by atoms with Gasteiger partial charge in [-0.2, -0.15) is 13.2 Å². The van der Waals surface area contributed by atoms with E-state index in [2.05, 4.69) is 0 Å². The molecule has 0 saturated heterocycles. The first-order valence-electron chi connectivity index (χ1n) is 6.58. The Balaban J connectivity index is 2.53. The number of halogens is 3. The third kappa shape index (κ3) is 2.39. The molecule has 0 saturated carbocycles. The van der Waals surface area contributed by atoms with Gasteiger partial charge in [-0.1, -0.05) is 42.0 Å². The van der Waals surface area contributed by atoms with Gasteiger partial charge in [0.25, 0.3) is 0 Å². The molecule has 1 heterocycles. The lowest BCUT2D eigenvalue weighted by Crippen LogP contribution is -2.20. The minimum absolute atomic E-state index is 0.136. The zero-order valence-corrected chi connectivity index (χ0v) is 11.6. The molecule has 0 unspecified atom stereocenters. The molecule has 112 valence electrons. The highest BCUT2D eigenvalue weighted by molar-refractivity contribution is 5.95. The van der Waals surface area contributed by atoms with Crippen LogP contribution in [0.1, 0.15) is 11.1 Å². The number of rotatable bonds is 1. The number of fused-ring (bicyclic) bond motifs is 1. The fraction of sp³-hybridized carbons (Fsp3) is 0.118. The van der Waals surface area contributed by atoms with Crippen LogP contribution in [-0.4, -0.2) is 0 Å². The Hall–Kier alpha value is -2.56. The van der Waals surface area contributed by atoms with Crippen LogP contribution in [-0.2, 0) is 6.18 Å². The molecule has 5 heteroatoms. The lowest BCUT2D eigenvalue weighted by Gasteiger charge is -2.14. The van der Waals surface area contributed by atoms with Crippen molar-refractivity contribution in [2.45, 2.75) is 13.1 Å². The lowest BCUT2D eigenvalue weighted by molar-refractivity contribution is -0.139. The molecule has 2 nitrogen and oxygen atoms in total. The molecule has 0 atom stereocenters. The van der Waals surface area contributed by atoms with Gasteiger partial charge in [0.05, 0.1) is 0 Å². The van der Waals surface area contributed by atoms with Crippen molar-refractivity contribution < 1.29 is 17.6 Å². The summed E-state index contributed by atoms with van der Waals surface area (Å²) in [6, 6.07) is 12.9. The Morgan fingerprint density at radius 3 is 2.32 bits per heavy atom. The molecule has 0 fully saturated rings. The van der Waals surface area contributed by atoms with Crippen LogP contribution in [0.3, 0.4) is 0 Å². The number of benzene rings is 2. The van der Waals surface area contributed by atoms with Gasteiger partial charge in [-0.15, -0.1) is 0 Å². The monoisotopic (exact) mass is 304 g/mol. The van der Waals surface area contributed by atoms with Crippen LogP contribution in [0.5, 0.6) is 0 Å². The molecular weight excluding hydrogens is 293 g/mol. The highest BCUT2D eigenvalue weighted by Gasteiger charge is 2.39. The molecule has 0 amide bonds. The molecule has 1 aromatic heterocycles. The van der Waals surface area contributed by atoms with E-state index < -0.39 is 17.4 Å². The molecule has 0 spiro atoms. The third-order valence-electron chi connectivity index (χ3n) is 3.41. The molecule has 3 aromatic rings. The summed E-state index contributed by atoms with van der Waals surface area (Å²) in [5, 5.41) is 0.276. The van der Waals surface area contributed by atoms with Crippen molar-refractivity contribution in [1.29, 1.82) is 0 Å². The van der Waals surface area contributed by atoms with Crippen molar-refractivity contribution in [2.24, 2.45) is 0 Å². The molecule has 0 radical (unpaired) electrons. The maximum absolute atomic E-state index is 13.4. The zero-order valence-electron chi connectivity index (χ0n) is 11.6. The van der Waals surface area contributed by atoms with Crippen LogP contribution < -0.4 is 5.63 Å². The SMILES string of the molecule is Cc1ccc2oc(=O)c(C(F)(F)F)c(-c3ccccc3)c2c1. The second-order valence-corrected chi connectivity index (χ2v) is 5.00. The van der Waals surface area contributed by atoms with Gasteiger partial charge < -0.3 is 4.42 Å². The van der Waals surface area contributed by atoms with E-state index in [1.807, 2.05) is 0 Å². The van der Waals surface area contributed by atoms with Crippen LogP contribution in [0.25, 0.3) is 22.1 Å². The quantitative estimate of drug-likeness (QED) is 0.605. The number of hydrogen-bond acceptors (Lipinski definition) is 2. The first-order chi connectivity index (χ1) is 10.4. The van der Waals surface area contributed by atoms with Crippen molar-refractivity contribution >= 4 is 11.0 Å². The average molecular weight is 304 g/mol. The number of alkyl halides is 3. The summed E-state index contributed by atoms with van der Waals surface area (Å²) in [7, 11) is 0. The molecule has 0 bridgehead atoms. The van der Waals surface area contributed by atoms with Crippen LogP contribution >= 0.6 is 0 Å². The highest BCUT2D eigenvalue weighted by Crippen LogP contribution is 2.39. The Morgan fingerprint density at radius 2 is 1.68 bits per heavy atom.